The average molecular weight is 384 g/mol. The number of fused-ring (bicyclic) bond motifs is 1. The summed E-state index contributed by atoms with van der Waals surface area (Å²) in [6.07, 6.45) is 0. The van der Waals surface area contributed by atoms with Gasteiger partial charge in [0.15, 0.2) is 5.16 Å². The minimum Gasteiger partial charge on any atom is -0.324 e. The van der Waals surface area contributed by atoms with E-state index in [2.05, 4.69) is 10.3 Å². The summed E-state index contributed by atoms with van der Waals surface area (Å²) in [5, 5.41) is 5.03. The van der Waals surface area contributed by atoms with Gasteiger partial charge in [0.05, 0.1) is 22.0 Å². The molecule has 24 heavy (non-hydrogen) atoms. The standard InChI is InChI=1S/C15H11ClFN3O2S2/c1-20-14(22)13-10(4-5-23-13)19-15(20)24-7-12(21)18-11-6-8(17)2-3-9(11)16/h2-6H,7H2,1H3,(H,18,21). The lowest BCUT2D eigenvalue weighted by molar-refractivity contribution is -0.113. The molecule has 3 aromatic rings. The molecular formula is C15H11ClFN3O2S2. The number of carbonyl (C=O) groups excluding carboxylic acids is 1. The summed E-state index contributed by atoms with van der Waals surface area (Å²) in [6.45, 7) is 0. The second-order valence-corrected chi connectivity index (χ2v) is 7.12. The van der Waals surface area contributed by atoms with Crippen LogP contribution in [-0.2, 0) is 11.8 Å². The highest BCUT2D eigenvalue weighted by Gasteiger charge is 2.13. The van der Waals surface area contributed by atoms with Crippen molar-refractivity contribution in [3.63, 3.8) is 0 Å². The molecule has 124 valence electrons. The molecule has 1 amide bonds. The fourth-order valence-electron chi connectivity index (χ4n) is 2.01. The van der Waals surface area contributed by atoms with E-state index >= 15 is 0 Å². The van der Waals surface area contributed by atoms with Crippen molar-refractivity contribution in [2.75, 3.05) is 11.1 Å². The molecule has 0 aliphatic heterocycles. The molecule has 0 aliphatic rings. The van der Waals surface area contributed by atoms with Gasteiger partial charge in [0.1, 0.15) is 10.5 Å². The molecule has 1 aromatic carbocycles. The molecule has 2 aromatic heterocycles. The van der Waals surface area contributed by atoms with E-state index in [1.54, 1.807) is 18.5 Å². The van der Waals surface area contributed by atoms with Crippen LogP contribution < -0.4 is 10.9 Å². The number of amides is 1. The molecule has 0 aliphatic carbocycles. The summed E-state index contributed by atoms with van der Waals surface area (Å²) in [7, 11) is 1.61. The predicted octanol–water partition coefficient (Wildman–Crippen LogP) is 3.52. The third kappa shape index (κ3) is 3.45. The maximum Gasteiger partial charge on any atom is 0.271 e. The number of benzene rings is 1. The monoisotopic (exact) mass is 383 g/mol. The fourth-order valence-corrected chi connectivity index (χ4v) is 3.75. The van der Waals surface area contributed by atoms with E-state index in [1.165, 1.54) is 28.0 Å². The lowest BCUT2D eigenvalue weighted by Gasteiger charge is -2.09. The van der Waals surface area contributed by atoms with E-state index < -0.39 is 5.82 Å². The van der Waals surface area contributed by atoms with Crippen LogP contribution in [0.1, 0.15) is 0 Å². The van der Waals surface area contributed by atoms with Crippen LogP contribution in [0.25, 0.3) is 10.2 Å². The first kappa shape index (κ1) is 16.9. The summed E-state index contributed by atoms with van der Waals surface area (Å²) in [6, 6.07) is 5.49. The Morgan fingerprint density at radius 3 is 3.04 bits per heavy atom. The second kappa shape index (κ2) is 6.92. The predicted molar refractivity (Wildman–Crippen MR) is 95.6 cm³/mol. The molecular weight excluding hydrogens is 373 g/mol. The van der Waals surface area contributed by atoms with Crippen molar-refractivity contribution in [2.24, 2.45) is 7.05 Å². The molecule has 2 heterocycles. The van der Waals surface area contributed by atoms with Crippen molar-refractivity contribution in [2.45, 2.75) is 5.16 Å². The number of nitrogens with one attached hydrogen (secondary N) is 1. The highest BCUT2D eigenvalue weighted by atomic mass is 35.5. The first-order chi connectivity index (χ1) is 11.5. The zero-order valence-electron chi connectivity index (χ0n) is 12.4. The van der Waals surface area contributed by atoms with E-state index in [-0.39, 0.29) is 27.9 Å². The number of thiophene rings is 1. The number of aromatic nitrogens is 2. The third-order valence-corrected chi connectivity index (χ3v) is 5.43. The molecule has 5 nitrogen and oxygen atoms in total. The fraction of sp³-hybridized carbons (Fsp3) is 0.133. The van der Waals surface area contributed by atoms with Crippen molar-refractivity contribution in [1.29, 1.82) is 0 Å². The highest BCUT2D eigenvalue weighted by molar-refractivity contribution is 7.99. The Kier molecular flexibility index (Phi) is 4.88. The van der Waals surface area contributed by atoms with Gasteiger partial charge < -0.3 is 5.32 Å². The van der Waals surface area contributed by atoms with E-state index in [1.807, 2.05) is 0 Å². The Labute approximate surface area is 149 Å². The minimum atomic E-state index is -0.491. The van der Waals surface area contributed by atoms with Crippen LogP contribution in [0.2, 0.25) is 5.02 Å². The van der Waals surface area contributed by atoms with E-state index in [0.29, 0.717) is 15.4 Å². The van der Waals surface area contributed by atoms with Crippen molar-refractivity contribution in [3.05, 3.63) is 50.8 Å². The molecule has 0 saturated carbocycles. The number of rotatable bonds is 4. The van der Waals surface area contributed by atoms with Gasteiger partial charge in [0.2, 0.25) is 5.91 Å². The van der Waals surface area contributed by atoms with Crippen LogP contribution in [0, 0.1) is 5.82 Å². The third-order valence-electron chi connectivity index (χ3n) is 3.18. The summed E-state index contributed by atoms with van der Waals surface area (Å²) in [5.41, 5.74) is 0.669. The lowest BCUT2D eigenvalue weighted by Crippen LogP contribution is -2.20. The SMILES string of the molecule is Cn1c(SCC(=O)Nc2cc(F)ccc2Cl)nc2ccsc2c1=O. The Morgan fingerprint density at radius 2 is 2.25 bits per heavy atom. The summed E-state index contributed by atoms with van der Waals surface area (Å²) < 4.78 is 15.2. The molecule has 0 saturated heterocycles. The molecule has 0 bridgehead atoms. The van der Waals surface area contributed by atoms with E-state index in [0.717, 1.165) is 17.8 Å². The van der Waals surface area contributed by atoms with Crippen LogP contribution >= 0.6 is 34.7 Å². The Hall–Kier alpha value is -1.90. The average Bonchev–Trinajstić information content (AvgIpc) is 3.01. The summed E-state index contributed by atoms with van der Waals surface area (Å²) >= 11 is 8.37. The number of thioether (sulfide) groups is 1. The van der Waals surface area contributed by atoms with Gasteiger partial charge in [-0.15, -0.1) is 11.3 Å². The maximum absolute atomic E-state index is 13.2. The van der Waals surface area contributed by atoms with Gasteiger partial charge in [-0.25, -0.2) is 9.37 Å². The lowest BCUT2D eigenvalue weighted by atomic mass is 10.3. The van der Waals surface area contributed by atoms with Crippen LogP contribution in [0.3, 0.4) is 0 Å². The first-order valence-corrected chi connectivity index (χ1v) is 9.02. The van der Waals surface area contributed by atoms with E-state index in [9.17, 15) is 14.0 Å². The Balaban J connectivity index is 1.74. The number of halogens is 2. The van der Waals surface area contributed by atoms with Gasteiger partial charge in [0, 0.05) is 7.05 Å². The van der Waals surface area contributed by atoms with Gasteiger partial charge in [-0.3, -0.25) is 14.2 Å². The zero-order valence-corrected chi connectivity index (χ0v) is 14.8. The number of anilines is 1. The van der Waals surface area contributed by atoms with E-state index in [4.69, 9.17) is 11.6 Å². The normalized spacial score (nSPS) is 11.0. The molecule has 0 radical (unpaired) electrons. The van der Waals surface area contributed by atoms with Crippen LogP contribution in [0.4, 0.5) is 10.1 Å². The van der Waals surface area contributed by atoms with Gasteiger partial charge in [-0.1, -0.05) is 23.4 Å². The molecule has 1 N–H and O–H groups in total. The van der Waals surface area contributed by atoms with Crippen molar-refractivity contribution in [1.82, 2.24) is 9.55 Å². The molecule has 9 heteroatoms. The minimum absolute atomic E-state index is 0.0166. The highest BCUT2D eigenvalue weighted by Crippen LogP contribution is 2.24. The number of hydrogen-bond donors (Lipinski definition) is 1. The Morgan fingerprint density at radius 1 is 1.46 bits per heavy atom. The molecule has 0 atom stereocenters. The van der Waals surface area contributed by atoms with Crippen LogP contribution in [0.5, 0.6) is 0 Å². The quantitative estimate of drug-likeness (QED) is 0.553. The molecule has 0 spiro atoms. The largest absolute Gasteiger partial charge is 0.324 e. The van der Waals surface area contributed by atoms with Crippen molar-refractivity contribution in [3.8, 4) is 0 Å². The van der Waals surface area contributed by atoms with Crippen molar-refractivity contribution >= 4 is 56.5 Å². The maximum atomic E-state index is 13.2. The van der Waals surface area contributed by atoms with Gasteiger partial charge >= 0.3 is 0 Å². The van der Waals surface area contributed by atoms with Crippen molar-refractivity contribution < 1.29 is 9.18 Å². The smallest absolute Gasteiger partial charge is 0.271 e. The zero-order chi connectivity index (χ0) is 17.3. The Bertz CT molecular complexity index is 986. The number of nitrogens with zero attached hydrogens (tertiary/aromatic N) is 2. The number of hydrogen-bond acceptors (Lipinski definition) is 5. The van der Waals surface area contributed by atoms with Crippen LogP contribution in [-0.4, -0.2) is 21.2 Å². The number of carbonyl (C=O) groups is 1. The van der Waals surface area contributed by atoms with Gasteiger partial charge in [-0.05, 0) is 29.6 Å². The summed E-state index contributed by atoms with van der Waals surface area (Å²) in [5.74, 6) is -0.843. The molecule has 0 unspecified atom stereocenters. The molecule has 0 fully saturated rings. The van der Waals surface area contributed by atoms with Gasteiger partial charge in [-0.2, -0.15) is 0 Å². The molecule has 3 rings (SSSR count). The van der Waals surface area contributed by atoms with Gasteiger partial charge in [0.25, 0.3) is 5.56 Å². The first-order valence-electron chi connectivity index (χ1n) is 6.77. The summed E-state index contributed by atoms with van der Waals surface area (Å²) in [4.78, 5) is 28.6. The second-order valence-electron chi connectivity index (χ2n) is 4.85. The van der Waals surface area contributed by atoms with Crippen LogP contribution in [0.15, 0.2) is 39.6 Å². The topological polar surface area (TPSA) is 64.0 Å².